The number of aliphatic hydroxyl groups is 1. The third kappa shape index (κ3) is 3.02. The van der Waals surface area contributed by atoms with Crippen LogP contribution in [0.25, 0.3) is 0 Å². The largest absolute Gasteiger partial charge is 0.494 e. The molecule has 2 aromatic rings. The SMILES string of the molecule is CCOc1cccc(C(O)c2c(C)cc(C)cc2C)c1. The predicted molar refractivity (Wildman–Crippen MR) is 82.3 cm³/mol. The molecular formula is C18H22O2. The van der Waals surface area contributed by atoms with Crippen LogP contribution in [-0.4, -0.2) is 11.7 Å². The van der Waals surface area contributed by atoms with E-state index in [-0.39, 0.29) is 0 Å². The number of benzene rings is 2. The van der Waals surface area contributed by atoms with Gasteiger partial charge in [-0.3, -0.25) is 0 Å². The van der Waals surface area contributed by atoms with Gasteiger partial charge in [0.2, 0.25) is 0 Å². The van der Waals surface area contributed by atoms with E-state index in [9.17, 15) is 5.11 Å². The first-order chi connectivity index (χ1) is 9.52. The first kappa shape index (κ1) is 14.6. The second kappa shape index (κ2) is 6.10. The minimum atomic E-state index is -0.615. The van der Waals surface area contributed by atoms with Gasteiger partial charge >= 0.3 is 0 Å². The molecule has 106 valence electrons. The molecule has 0 heterocycles. The van der Waals surface area contributed by atoms with Gasteiger partial charge in [-0.1, -0.05) is 29.8 Å². The van der Waals surface area contributed by atoms with Crippen LogP contribution >= 0.6 is 0 Å². The van der Waals surface area contributed by atoms with Crippen molar-refractivity contribution in [3.05, 3.63) is 64.2 Å². The lowest BCUT2D eigenvalue weighted by atomic mass is 9.92. The molecule has 0 bridgehead atoms. The quantitative estimate of drug-likeness (QED) is 0.906. The number of rotatable bonds is 4. The van der Waals surface area contributed by atoms with Gasteiger partial charge in [-0.05, 0) is 62.1 Å². The van der Waals surface area contributed by atoms with E-state index in [1.54, 1.807) is 0 Å². The van der Waals surface area contributed by atoms with Gasteiger partial charge in [0.15, 0.2) is 0 Å². The van der Waals surface area contributed by atoms with Crippen molar-refractivity contribution in [3.8, 4) is 5.75 Å². The summed E-state index contributed by atoms with van der Waals surface area (Å²) >= 11 is 0. The Bertz CT molecular complexity index is 579. The molecule has 0 aliphatic carbocycles. The molecule has 0 saturated carbocycles. The fourth-order valence-electron chi connectivity index (χ4n) is 2.73. The van der Waals surface area contributed by atoms with Crippen molar-refractivity contribution in [2.45, 2.75) is 33.8 Å². The number of hydrogen-bond donors (Lipinski definition) is 1. The Hall–Kier alpha value is -1.80. The summed E-state index contributed by atoms with van der Waals surface area (Å²) in [5.74, 6) is 0.798. The molecule has 1 N–H and O–H groups in total. The highest BCUT2D eigenvalue weighted by molar-refractivity contribution is 5.44. The molecule has 0 radical (unpaired) electrons. The summed E-state index contributed by atoms with van der Waals surface area (Å²) in [5, 5.41) is 10.7. The Morgan fingerprint density at radius 3 is 2.30 bits per heavy atom. The number of ether oxygens (including phenoxy) is 1. The first-order valence-electron chi connectivity index (χ1n) is 7.01. The predicted octanol–water partition coefficient (Wildman–Crippen LogP) is 4.09. The minimum absolute atomic E-state index is 0.615. The Labute approximate surface area is 121 Å². The summed E-state index contributed by atoms with van der Waals surface area (Å²) in [7, 11) is 0. The highest BCUT2D eigenvalue weighted by atomic mass is 16.5. The monoisotopic (exact) mass is 270 g/mol. The van der Waals surface area contributed by atoms with E-state index in [0.717, 1.165) is 28.0 Å². The second-order valence-electron chi connectivity index (χ2n) is 5.22. The van der Waals surface area contributed by atoms with E-state index >= 15 is 0 Å². The normalized spacial score (nSPS) is 12.2. The summed E-state index contributed by atoms with van der Waals surface area (Å²) in [4.78, 5) is 0. The smallest absolute Gasteiger partial charge is 0.119 e. The third-order valence-corrected chi connectivity index (χ3v) is 3.50. The van der Waals surface area contributed by atoms with Crippen molar-refractivity contribution in [1.29, 1.82) is 0 Å². The number of hydrogen-bond acceptors (Lipinski definition) is 2. The maximum atomic E-state index is 10.7. The molecule has 1 atom stereocenters. The van der Waals surface area contributed by atoms with E-state index in [4.69, 9.17) is 4.74 Å². The topological polar surface area (TPSA) is 29.5 Å². The van der Waals surface area contributed by atoms with Crippen molar-refractivity contribution in [3.63, 3.8) is 0 Å². The van der Waals surface area contributed by atoms with Crippen LogP contribution in [0.4, 0.5) is 0 Å². The van der Waals surface area contributed by atoms with E-state index in [0.29, 0.717) is 6.61 Å². The minimum Gasteiger partial charge on any atom is -0.494 e. The Morgan fingerprint density at radius 2 is 1.70 bits per heavy atom. The van der Waals surface area contributed by atoms with E-state index in [2.05, 4.69) is 19.1 Å². The first-order valence-corrected chi connectivity index (χ1v) is 7.01. The van der Waals surface area contributed by atoms with E-state index < -0.39 is 6.10 Å². The van der Waals surface area contributed by atoms with Crippen LogP contribution in [0.2, 0.25) is 0 Å². The maximum Gasteiger partial charge on any atom is 0.119 e. The number of aliphatic hydroxyl groups excluding tert-OH is 1. The zero-order chi connectivity index (χ0) is 14.7. The highest BCUT2D eigenvalue weighted by Crippen LogP contribution is 2.30. The molecule has 2 aromatic carbocycles. The molecule has 2 nitrogen and oxygen atoms in total. The van der Waals surface area contributed by atoms with E-state index in [1.165, 1.54) is 5.56 Å². The van der Waals surface area contributed by atoms with Gasteiger partial charge in [0.05, 0.1) is 6.61 Å². The van der Waals surface area contributed by atoms with Gasteiger partial charge in [0, 0.05) is 0 Å². The highest BCUT2D eigenvalue weighted by Gasteiger charge is 2.16. The van der Waals surface area contributed by atoms with Gasteiger partial charge in [-0.2, -0.15) is 0 Å². The van der Waals surface area contributed by atoms with Crippen molar-refractivity contribution < 1.29 is 9.84 Å². The lowest BCUT2D eigenvalue weighted by molar-refractivity contribution is 0.218. The van der Waals surface area contributed by atoms with Crippen LogP contribution < -0.4 is 4.74 Å². The van der Waals surface area contributed by atoms with Crippen LogP contribution in [0, 0.1) is 20.8 Å². The average Bonchev–Trinajstić information content (AvgIpc) is 2.38. The molecule has 2 rings (SSSR count). The van der Waals surface area contributed by atoms with Gasteiger partial charge < -0.3 is 9.84 Å². The summed E-state index contributed by atoms with van der Waals surface area (Å²) in [6.45, 7) is 8.75. The van der Waals surface area contributed by atoms with Crippen LogP contribution in [0.15, 0.2) is 36.4 Å². The molecule has 1 unspecified atom stereocenters. The standard InChI is InChI=1S/C18H22O2/c1-5-20-16-8-6-7-15(11-16)18(19)17-13(3)9-12(2)10-14(17)4/h6-11,18-19H,5H2,1-4H3. The second-order valence-corrected chi connectivity index (χ2v) is 5.22. The number of aryl methyl sites for hydroxylation is 3. The maximum absolute atomic E-state index is 10.7. The van der Waals surface area contributed by atoms with Gasteiger partial charge in [0.25, 0.3) is 0 Å². The van der Waals surface area contributed by atoms with Gasteiger partial charge in [-0.25, -0.2) is 0 Å². The van der Waals surface area contributed by atoms with Crippen molar-refractivity contribution in [1.82, 2.24) is 0 Å². The Morgan fingerprint density at radius 1 is 1.05 bits per heavy atom. The van der Waals surface area contributed by atoms with Gasteiger partial charge in [0.1, 0.15) is 11.9 Å². The third-order valence-electron chi connectivity index (χ3n) is 3.50. The zero-order valence-electron chi connectivity index (χ0n) is 12.6. The Balaban J connectivity index is 2.41. The summed E-state index contributed by atoms with van der Waals surface area (Å²) in [6, 6.07) is 11.9. The summed E-state index contributed by atoms with van der Waals surface area (Å²) in [6.07, 6.45) is -0.615. The van der Waals surface area contributed by atoms with Crippen molar-refractivity contribution in [2.24, 2.45) is 0 Å². The summed E-state index contributed by atoms with van der Waals surface area (Å²) < 4.78 is 5.50. The average molecular weight is 270 g/mol. The van der Waals surface area contributed by atoms with E-state index in [1.807, 2.05) is 45.0 Å². The molecule has 0 fully saturated rings. The summed E-state index contributed by atoms with van der Waals surface area (Å²) in [5.41, 5.74) is 5.32. The lowest BCUT2D eigenvalue weighted by Gasteiger charge is -2.18. The van der Waals surface area contributed by atoms with Crippen LogP contribution in [0.3, 0.4) is 0 Å². The van der Waals surface area contributed by atoms with Crippen molar-refractivity contribution >= 4 is 0 Å². The molecule has 0 aromatic heterocycles. The fraction of sp³-hybridized carbons (Fsp3) is 0.333. The fourth-order valence-corrected chi connectivity index (χ4v) is 2.73. The molecule has 0 aliphatic heterocycles. The van der Waals surface area contributed by atoms with Gasteiger partial charge in [-0.15, -0.1) is 0 Å². The molecule has 0 amide bonds. The van der Waals surface area contributed by atoms with Crippen LogP contribution in [0.1, 0.15) is 40.8 Å². The molecule has 0 spiro atoms. The van der Waals surface area contributed by atoms with Crippen LogP contribution in [-0.2, 0) is 0 Å². The Kier molecular flexibility index (Phi) is 4.46. The molecule has 0 aliphatic rings. The molecule has 0 saturated heterocycles. The lowest BCUT2D eigenvalue weighted by Crippen LogP contribution is -2.05. The van der Waals surface area contributed by atoms with Crippen LogP contribution in [0.5, 0.6) is 5.75 Å². The zero-order valence-corrected chi connectivity index (χ0v) is 12.6. The molecule has 20 heavy (non-hydrogen) atoms. The molecule has 2 heteroatoms. The van der Waals surface area contributed by atoms with Crippen molar-refractivity contribution in [2.75, 3.05) is 6.61 Å². The molecular weight excluding hydrogens is 248 g/mol.